The summed E-state index contributed by atoms with van der Waals surface area (Å²) < 4.78 is 14.7. The molecule has 14 aromatic rings. The zero-order valence-corrected chi connectivity index (χ0v) is 50.5. The van der Waals surface area contributed by atoms with Gasteiger partial charge in [0, 0.05) is 67.8 Å². The van der Waals surface area contributed by atoms with Crippen molar-refractivity contribution in [2.75, 3.05) is 9.80 Å². The van der Waals surface area contributed by atoms with Gasteiger partial charge in [-0.25, -0.2) is 0 Å². The van der Waals surface area contributed by atoms with E-state index in [-0.39, 0.29) is 0 Å². The summed E-state index contributed by atoms with van der Waals surface area (Å²) in [7, 11) is 0. The SMILES string of the molecule is CC1CC2CC23CC3c2ccc(N(c3cccc(-c4ccccc4)c3)c3ccc4c(c3)oc3c5oc6cc(N(c7cccc(-c8ccccc8)c7)c7ccc8c(c7)-c7ccccc7C7CC9CC8CC7C9)ccc6c5c5ccccc5c43)cc2-c2ccccc21. The van der Waals surface area contributed by atoms with Crippen molar-refractivity contribution in [1.82, 2.24) is 0 Å². The molecule has 3 bridgehead atoms. The molecule has 4 saturated carbocycles. The molecule has 90 heavy (non-hydrogen) atoms. The maximum absolute atomic E-state index is 7.37. The Hall–Kier alpha value is -9.90. The topological polar surface area (TPSA) is 32.8 Å². The van der Waals surface area contributed by atoms with Crippen molar-refractivity contribution in [1.29, 1.82) is 0 Å². The van der Waals surface area contributed by atoms with E-state index in [1.807, 2.05) is 0 Å². The first-order valence-electron chi connectivity index (χ1n) is 33.1. The molecule has 2 aromatic heterocycles. The van der Waals surface area contributed by atoms with Gasteiger partial charge in [0.2, 0.25) is 0 Å². The lowest BCUT2D eigenvalue weighted by atomic mass is 9.71. The van der Waals surface area contributed by atoms with Crippen LogP contribution in [-0.4, -0.2) is 0 Å². The van der Waals surface area contributed by atoms with Crippen molar-refractivity contribution in [3.63, 3.8) is 0 Å². The number of fused-ring (bicyclic) bond motifs is 21. The van der Waals surface area contributed by atoms with Crippen LogP contribution < -0.4 is 9.80 Å². The quantitative estimate of drug-likeness (QED) is 0.152. The van der Waals surface area contributed by atoms with E-state index in [1.54, 1.807) is 5.56 Å². The second kappa shape index (κ2) is 19.3. The van der Waals surface area contributed by atoms with Crippen LogP contribution in [0.5, 0.6) is 0 Å². The first-order chi connectivity index (χ1) is 44.4. The molecule has 6 aliphatic carbocycles. The number of hydrogen-bond acceptors (Lipinski definition) is 4. The Labute approximate surface area is 524 Å². The van der Waals surface area contributed by atoms with E-state index in [4.69, 9.17) is 8.83 Å². The summed E-state index contributed by atoms with van der Waals surface area (Å²) in [6.07, 6.45) is 9.24. The molecule has 4 fully saturated rings. The fraction of sp³-hybridized carbons (Fsp3) is 0.186. The molecule has 4 heteroatoms. The third-order valence-corrected chi connectivity index (χ3v) is 22.8. The van der Waals surface area contributed by atoms with Gasteiger partial charge >= 0.3 is 0 Å². The fourth-order valence-corrected chi connectivity index (χ4v) is 18.6. The van der Waals surface area contributed by atoms with Crippen LogP contribution in [0, 0.1) is 23.2 Å². The first-order valence-corrected chi connectivity index (χ1v) is 33.1. The van der Waals surface area contributed by atoms with E-state index in [0.717, 1.165) is 107 Å². The van der Waals surface area contributed by atoms with Crippen molar-refractivity contribution in [3.8, 4) is 44.5 Å². The molecule has 8 atom stereocenters. The summed E-state index contributed by atoms with van der Waals surface area (Å²) in [5.74, 6) is 4.74. The van der Waals surface area contributed by atoms with Gasteiger partial charge in [-0.05, 0) is 242 Å². The van der Waals surface area contributed by atoms with Crippen LogP contribution in [0.2, 0.25) is 0 Å². The average molecular weight is 1160 g/mol. The van der Waals surface area contributed by atoms with Crippen LogP contribution >= 0.6 is 0 Å². The highest BCUT2D eigenvalue weighted by Crippen LogP contribution is 2.81. The monoisotopic (exact) mass is 1160 g/mol. The molecular weight excluding hydrogens is 1090 g/mol. The van der Waals surface area contributed by atoms with E-state index < -0.39 is 0 Å². The Balaban J connectivity index is 0.761. The summed E-state index contributed by atoms with van der Waals surface area (Å²) in [6, 6.07) is 95.6. The Kier molecular flexibility index (Phi) is 10.9. The van der Waals surface area contributed by atoms with E-state index in [9.17, 15) is 0 Å². The van der Waals surface area contributed by atoms with Gasteiger partial charge in [0.25, 0.3) is 0 Å². The lowest BCUT2D eigenvalue weighted by Crippen LogP contribution is -2.19. The number of benzene rings is 12. The smallest absolute Gasteiger partial charge is 0.179 e. The van der Waals surface area contributed by atoms with Crippen LogP contribution in [0.4, 0.5) is 34.1 Å². The van der Waals surface area contributed by atoms with Crippen molar-refractivity contribution in [2.24, 2.45) is 23.2 Å². The van der Waals surface area contributed by atoms with Gasteiger partial charge in [0.05, 0.1) is 0 Å². The lowest BCUT2D eigenvalue weighted by molar-refractivity contribution is 0.311. The second-order valence-electron chi connectivity index (χ2n) is 27.6. The summed E-state index contributed by atoms with van der Waals surface area (Å²) in [6.45, 7) is 2.46. The predicted molar refractivity (Wildman–Crippen MR) is 371 cm³/mol. The molecule has 0 saturated heterocycles. The van der Waals surface area contributed by atoms with Gasteiger partial charge in [0.1, 0.15) is 11.2 Å². The molecule has 4 nitrogen and oxygen atoms in total. The molecular formula is C86H66N2O2. The zero-order valence-electron chi connectivity index (χ0n) is 50.5. The Bertz CT molecular complexity index is 5290. The van der Waals surface area contributed by atoms with E-state index in [2.05, 4.69) is 272 Å². The highest BCUT2D eigenvalue weighted by atomic mass is 16.4. The molecule has 20 rings (SSSR count). The van der Waals surface area contributed by atoms with Gasteiger partial charge in [-0.1, -0.05) is 177 Å². The summed E-state index contributed by atoms with van der Waals surface area (Å²) >= 11 is 0. The number of hydrogen-bond donors (Lipinski definition) is 0. The Morgan fingerprint density at radius 1 is 0.356 bits per heavy atom. The molecule has 12 aromatic carbocycles. The van der Waals surface area contributed by atoms with Crippen molar-refractivity contribution in [3.05, 3.63) is 277 Å². The van der Waals surface area contributed by atoms with Crippen LogP contribution in [0.15, 0.2) is 264 Å². The Morgan fingerprint density at radius 2 is 0.856 bits per heavy atom. The van der Waals surface area contributed by atoms with Crippen LogP contribution in [0.3, 0.4) is 0 Å². The average Bonchev–Trinajstić information content (AvgIpc) is 1.50. The third-order valence-electron chi connectivity index (χ3n) is 22.8. The van der Waals surface area contributed by atoms with Crippen LogP contribution in [0.1, 0.15) is 97.8 Å². The largest absolute Gasteiger partial charge is 0.452 e. The van der Waals surface area contributed by atoms with E-state index >= 15 is 0 Å². The van der Waals surface area contributed by atoms with E-state index in [0.29, 0.717) is 29.1 Å². The Morgan fingerprint density at radius 3 is 1.48 bits per heavy atom. The van der Waals surface area contributed by atoms with Crippen molar-refractivity contribution < 1.29 is 8.83 Å². The van der Waals surface area contributed by atoms with Gasteiger partial charge < -0.3 is 18.6 Å². The molecule has 0 N–H and O–H groups in total. The normalized spacial score (nSPS) is 22.3. The van der Waals surface area contributed by atoms with Gasteiger partial charge in [0.15, 0.2) is 11.2 Å². The molecule has 6 aliphatic rings. The molecule has 1 spiro atoms. The minimum atomic E-state index is 0.491. The second-order valence-corrected chi connectivity index (χ2v) is 27.6. The molecule has 432 valence electrons. The van der Waals surface area contributed by atoms with E-state index in [1.165, 1.54) is 106 Å². The molecule has 0 amide bonds. The summed E-state index contributed by atoms with van der Waals surface area (Å²) in [5, 5.41) is 6.56. The standard InChI is InChI=1S/C86H66N2O2/c1-51-38-59-49-86(59)50-79(86)71-35-31-63(46-78(71)68-25-9-8-24-66(51)68)88(61-23-15-21-56(44-61)54-18-6-3-7-19-54)65-33-37-75-81(48-65)90-85-83(75)73-29-13-12-28-72(73)82-74-36-32-64(47-80(74)89-84(82)85)87(60-22-14-20-55(43-60)53-16-4-2-5-17-53)62-30-34-67-57-39-52-40-58(42-57)76(41-52)69-26-10-11-27-70(69)77(67)45-62/h2-37,43-48,51-52,57-59,76,79H,38-42,49-50H2,1H3. The van der Waals surface area contributed by atoms with Gasteiger partial charge in [-0.3, -0.25) is 0 Å². The number of furan rings is 2. The summed E-state index contributed by atoms with van der Waals surface area (Å²) in [4.78, 5) is 4.91. The number of nitrogens with zero attached hydrogens (tertiary/aromatic N) is 2. The predicted octanol–water partition coefficient (Wildman–Crippen LogP) is 24.2. The maximum Gasteiger partial charge on any atom is 0.179 e. The fourth-order valence-electron chi connectivity index (χ4n) is 18.6. The van der Waals surface area contributed by atoms with Crippen molar-refractivity contribution in [2.45, 2.75) is 75.5 Å². The van der Waals surface area contributed by atoms with Gasteiger partial charge in [-0.15, -0.1) is 0 Å². The van der Waals surface area contributed by atoms with Crippen molar-refractivity contribution >= 4 is 88.8 Å². The molecule has 0 radical (unpaired) electrons. The minimum Gasteiger partial charge on any atom is -0.452 e. The molecule has 0 aliphatic heterocycles. The molecule has 8 unspecified atom stereocenters. The third kappa shape index (κ3) is 7.73. The lowest BCUT2D eigenvalue weighted by Gasteiger charge is -2.35. The summed E-state index contributed by atoms with van der Waals surface area (Å²) in [5.41, 5.74) is 26.5. The maximum atomic E-state index is 7.37. The minimum absolute atomic E-state index is 0.491. The first kappa shape index (κ1) is 51.0. The number of anilines is 6. The zero-order chi connectivity index (χ0) is 58.9. The highest BCUT2D eigenvalue weighted by Gasteiger charge is 2.70. The highest BCUT2D eigenvalue weighted by molar-refractivity contribution is 6.33. The van der Waals surface area contributed by atoms with Gasteiger partial charge in [-0.2, -0.15) is 0 Å². The molecule has 2 heterocycles. The van der Waals surface area contributed by atoms with Crippen LogP contribution in [0.25, 0.3) is 99.2 Å². The number of rotatable bonds is 8. The van der Waals surface area contributed by atoms with Crippen LogP contribution in [-0.2, 0) is 0 Å².